The van der Waals surface area contributed by atoms with Gasteiger partial charge in [0.15, 0.2) is 5.56 Å². The molecule has 108 valence electrons. The van der Waals surface area contributed by atoms with Crippen LogP contribution < -0.4 is 5.56 Å². The highest BCUT2D eigenvalue weighted by molar-refractivity contribution is 7.17. The Kier molecular flexibility index (Phi) is 3.53. The van der Waals surface area contributed by atoms with Gasteiger partial charge in [0.2, 0.25) is 0 Å². The number of thiophene rings is 1. The molecular formula is C17H12N2O2S. The predicted octanol–water partition coefficient (Wildman–Crippen LogP) is 3.56. The fourth-order valence-electron chi connectivity index (χ4n) is 2.39. The number of nitrogens with zero attached hydrogens (tertiary/aromatic N) is 1. The summed E-state index contributed by atoms with van der Waals surface area (Å²) >= 11 is 1.33. The Hall–Kier alpha value is -2.84. The molecule has 3 aromatic rings. The molecule has 5 heteroatoms. The summed E-state index contributed by atoms with van der Waals surface area (Å²) in [5, 5.41) is 21.6. The number of aromatic amines is 1. The van der Waals surface area contributed by atoms with Gasteiger partial charge in [0.25, 0.3) is 5.56 Å². The van der Waals surface area contributed by atoms with E-state index in [2.05, 4.69) is 11.6 Å². The van der Waals surface area contributed by atoms with Gasteiger partial charge in [-0.25, -0.2) is 0 Å². The second kappa shape index (κ2) is 5.51. The Labute approximate surface area is 130 Å². The van der Waals surface area contributed by atoms with Crippen LogP contribution in [0, 0.1) is 11.3 Å². The summed E-state index contributed by atoms with van der Waals surface area (Å²) < 4.78 is 0. The molecule has 3 rings (SSSR count). The Bertz CT molecular complexity index is 959. The van der Waals surface area contributed by atoms with Crippen LogP contribution in [0.25, 0.3) is 21.3 Å². The van der Waals surface area contributed by atoms with Crippen LogP contribution in [0.4, 0.5) is 0 Å². The number of hydrogen-bond acceptors (Lipinski definition) is 4. The highest BCUT2D eigenvalue weighted by Gasteiger charge is 2.17. The van der Waals surface area contributed by atoms with E-state index >= 15 is 0 Å². The SMILES string of the molecule is C=CCc1ccc(-c2csc3[nH]c(=O)c(C#N)c(O)c23)cc1. The maximum atomic E-state index is 11.7. The zero-order chi connectivity index (χ0) is 15.7. The van der Waals surface area contributed by atoms with E-state index in [-0.39, 0.29) is 11.3 Å². The van der Waals surface area contributed by atoms with Crippen LogP contribution in [-0.2, 0) is 6.42 Å². The molecule has 2 N–H and O–H groups in total. The Morgan fingerprint density at radius 3 is 2.73 bits per heavy atom. The van der Waals surface area contributed by atoms with Crippen LogP contribution in [0.2, 0.25) is 0 Å². The summed E-state index contributed by atoms with van der Waals surface area (Å²) in [6.45, 7) is 3.71. The highest BCUT2D eigenvalue weighted by Crippen LogP contribution is 2.38. The van der Waals surface area contributed by atoms with Crippen LogP contribution >= 0.6 is 11.3 Å². The van der Waals surface area contributed by atoms with Gasteiger partial charge < -0.3 is 10.1 Å². The lowest BCUT2D eigenvalue weighted by molar-refractivity contribution is 0.479. The molecule has 0 aliphatic rings. The first-order valence-corrected chi connectivity index (χ1v) is 7.50. The molecule has 2 heterocycles. The first kappa shape index (κ1) is 14.1. The number of fused-ring (bicyclic) bond motifs is 1. The number of H-pyrrole nitrogens is 1. The van der Waals surface area contributed by atoms with Crippen molar-refractivity contribution >= 4 is 21.6 Å². The van der Waals surface area contributed by atoms with Gasteiger partial charge in [-0.05, 0) is 17.5 Å². The average molecular weight is 308 g/mol. The van der Waals surface area contributed by atoms with Crippen molar-refractivity contribution in [3.63, 3.8) is 0 Å². The third kappa shape index (κ3) is 2.20. The molecule has 0 saturated heterocycles. The van der Waals surface area contributed by atoms with E-state index in [0.29, 0.717) is 10.2 Å². The zero-order valence-corrected chi connectivity index (χ0v) is 12.4. The van der Waals surface area contributed by atoms with E-state index in [1.165, 1.54) is 11.3 Å². The predicted molar refractivity (Wildman–Crippen MR) is 88.2 cm³/mol. The number of aromatic hydroxyl groups is 1. The third-order valence-electron chi connectivity index (χ3n) is 3.48. The molecule has 1 aromatic carbocycles. The van der Waals surface area contributed by atoms with Crippen molar-refractivity contribution < 1.29 is 5.11 Å². The van der Waals surface area contributed by atoms with Crippen molar-refractivity contribution in [1.82, 2.24) is 4.98 Å². The maximum Gasteiger partial charge on any atom is 0.270 e. The molecule has 0 atom stereocenters. The van der Waals surface area contributed by atoms with Gasteiger partial charge in [0, 0.05) is 10.9 Å². The molecule has 0 aliphatic heterocycles. The van der Waals surface area contributed by atoms with Crippen molar-refractivity contribution in [3.8, 4) is 22.9 Å². The summed E-state index contributed by atoms with van der Waals surface area (Å²) in [5.74, 6) is -0.257. The largest absolute Gasteiger partial charge is 0.506 e. The van der Waals surface area contributed by atoms with E-state index in [0.717, 1.165) is 23.1 Å². The van der Waals surface area contributed by atoms with Crippen molar-refractivity contribution in [2.45, 2.75) is 6.42 Å². The number of nitrogens with one attached hydrogen (secondary N) is 1. The van der Waals surface area contributed by atoms with Gasteiger partial charge in [0.05, 0.1) is 5.39 Å². The number of nitriles is 1. The second-order valence-electron chi connectivity index (χ2n) is 4.83. The molecule has 4 nitrogen and oxygen atoms in total. The number of hydrogen-bond donors (Lipinski definition) is 2. The fourth-order valence-corrected chi connectivity index (χ4v) is 3.35. The summed E-state index contributed by atoms with van der Waals surface area (Å²) in [5.41, 5.74) is 2.05. The molecular weight excluding hydrogens is 296 g/mol. The summed E-state index contributed by atoms with van der Waals surface area (Å²) in [6, 6.07) is 9.65. The lowest BCUT2D eigenvalue weighted by atomic mass is 10.0. The molecule has 0 radical (unpaired) electrons. The van der Waals surface area contributed by atoms with Gasteiger partial charge in [-0.1, -0.05) is 30.3 Å². The molecule has 0 fully saturated rings. The molecule has 22 heavy (non-hydrogen) atoms. The van der Waals surface area contributed by atoms with E-state index in [4.69, 9.17) is 5.26 Å². The van der Waals surface area contributed by atoms with Crippen LogP contribution in [0.15, 0.2) is 47.1 Å². The van der Waals surface area contributed by atoms with Crippen LogP contribution in [-0.4, -0.2) is 10.1 Å². The minimum absolute atomic E-state index is 0.254. The van der Waals surface area contributed by atoms with Gasteiger partial charge in [0.1, 0.15) is 16.6 Å². The van der Waals surface area contributed by atoms with E-state index < -0.39 is 5.56 Å². The monoisotopic (exact) mass is 308 g/mol. The molecule has 0 unspecified atom stereocenters. The van der Waals surface area contributed by atoms with E-state index in [9.17, 15) is 9.90 Å². The Balaban J connectivity index is 2.22. The normalized spacial score (nSPS) is 10.5. The average Bonchev–Trinajstić information content (AvgIpc) is 2.92. The summed E-state index contributed by atoms with van der Waals surface area (Å²) in [4.78, 5) is 14.9. The molecule has 0 saturated carbocycles. The van der Waals surface area contributed by atoms with Crippen LogP contribution in [0.5, 0.6) is 5.75 Å². The van der Waals surface area contributed by atoms with Crippen LogP contribution in [0.3, 0.4) is 0 Å². The van der Waals surface area contributed by atoms with Crippen molar-refractivity contribution in [2.75, 3.05) is 0 Å². The highest BCUT2D eigenvalue weighted by atomic mass is 32.1. The summed E-state index contributed by atoms with van der Waals surface area (Å²) in [6.07, 6.45) is 2.63. The number of allylic oxidation sites excluding steroid dienone is 1. The van der Waals surface area contributed by atoms with Crippen molar-refractivity contribution in [2.24, 2.45) is 0 Å². The molecule has 0 bridgehead atoms. The smallest absolute Gasteiger partial charge is 0.270 e. The van der Waals surface area contributed by atoms with Gasteiger partial charge >= 0.3 is 0 Å². The van der Waals surface area contributed by atoms with Crippen LogP contribution in [0.1, 0.15) is 11.1 Å². The Morgan fingerprint density at radius 2 is 2.09 bits per heavy atom. The molecule has 0 spiro atoms. The second-order valence-corrected chi connectivity index (χ2v) is 5.71. The van der Waals surface area contributed by atoms with E-state index in [1.807, 2.05) is 35.7 Å². The summed E-state index contributed by atoms with van der Waals surface area (Å²) in [7, 11) is 0. The van der Waals surface area contributed by atoms with Gasteiger partial charge in [-0.3, -0.25) is 4.79 Å². The minimum Gasteiger partial charge on any atom is -0.506 e. The number of pyridine rings is 1. The lowest BCUT2D eigenvalue weighted by Crippen LogP contribution is -2.09. The quantitative estimate of drug-likeness (QED) is 0.726. The fraction of sp³-hybridized carbons (Fsp3) is 0.0588. The minimum atomic E-state index is -0.567. The zero-order valence-electron chi connectivity index (χ0n) is 11.6. The van der Waals surface area contributed by atoms with Gasteiger partial charge in [-0.2, -0.15) is 5.26 Å². The lowest BCUT2D eigenvalue weighted by Gasteiger charge is -2.04. The molecule has 0 aliphatic carbocycles. The standard InChI is InChI=1S/C17H12N2O2S/c1-2-3-10-4-6-11(7-5-10)13-9-22-17-14(13)15(20)12(8-18)16(21)19-17/h2,4-7,9H,1,3H2,(H2,19,20,21). The van der Waals surface area contributed by atoms with Crippen molar-refractivity contribution in [3.05, 3.63) is 63.8 Å². The molecule has 0 amide bonds. The third-order valence-corrected chi connectivity index (χ3v) is 4.37. The Morgan fingerprint density at radius 1 is 1.36 bits per heavy atom. The first-order chi connectivity index (χ1) is 10.7. The maximum absolute atomic E-state index is 11.7. The number of aromatic nitrogens is 1. The first-order valence-electron chi connectivity index (χ1n) is 6.62. The van der Waals surface area contributed by atoms with Gasteiger partial charge in [-0.15, -0.1) is 17.9 Å². The molecule has 2 aromatic heterocycles. The number of benzene rings is 1. The van der Waals surface area contributed by atoms with E-state index in [1.54, 1.807) is 6.07 Å². The van der Waals surface area contributed by atoms with Crippen molar-refractivity contribution in [1.29, 1.82) is 5.26 Å². The number of rotatable bonds is 3. The topological polar surface area (TPSA) is 76.9 Å².